The summed E-state index contributed by atoms with van der Waals surface area (Å²) in [6, 6.07) is 17.0. The van der Waals surface area contributed by atoms with Gasteiger partial charge in [-0.05, 0) is 24.3 Å². The van der Waals surface area contributed by atoms with Gasteiger partial charge in [0.25, 0.3) is 0 Å². The van der Waals surface area contributed by atoms with E-state index in [9.17, 15) is 0 Å². The molecule has 22 heavy (non-hydrogen) atoms. The van der Waals surface area contributed by atoms with Gasteiger partial charge in [-0.1, -0.05) is 24.3 Å². The summed E-state index contributed by atoms with van der Waals surface area (Å²) in [5, 5.41) is 1.97. The molecule has 0 aromatic heterocycles. The van der Waals surface area contributed by atoms with Crippen LogP contribution in [-0.2, 0) is 0 Å². The van der Waals surface area contributed by atoms with Gasteiger partial charge >= 0.3 is 0 Å². The third-order valence-electron chi connectivity index (χ3n) is 3.47. The maximum atomic E-state index is 6.03. The largest absolute Gasteiger partial charge is 0.496 e. The second kappa shape index (κ2) is 5.85. The van der Waals surface area contributed by atoms with Crippen LogP contribution in [0.15, 0.2) is 54.6 Å². The molecule has 4 nitrogen and oxygen atoms in total. The average molecular weight is 295 g/mol. The normalized spacial score (nSPS) is 10.5. The number of methoxy groups -OCH3 is 2. The van der Waals surface area contributed by atoms with Crippen molar-refractivity contribution < 1.29 is 14.2 Å². The first kappa shape index (κ1) is 14.1. The van der Waals surface area contributed by atoms with Crippen LogP contribution < -0.4 is 19.9 Å². The molecule has 0 aliphatic heterocycles. The lowest BCUT2D eigenvalue weighted by Crippen LogP contribution is -1.94. The molecule has 2 N–H and O–H groups in total. The molecule has 4 heteroatoms. The minimum atomic E-state index is 0.597. The first-order valence-electron chi connectivity index (χ1n) is 6.90. The molecule has 0 atom stereocenters. The molecule has 112 valence electrons. The molecule has 0 unspecified atom stereocenters. The first-order valence-corrected chi connectivity index (χ1v) is 6.90. The molecule has 0 bridgehead atoms. The van der Waals surface area contributed by atoms with Gasteiger partial charge in [-0.2, -0.15) is 0 Å². The average Bonchev–Trinajstić information content (AvgIpc) is 2.56. The van der Waals surface area contributed by atoms with Crippen LogP contribution in [0.25, 0.3) is 10.8 Å². The molecule has 0 aliphatic rings. The van der Waals surface area contributed by atoms with E-state index < -0.39 is 0 Å². The maximum Gasteiger partial charge on any atom is 0.169 e. The summed E-state index contributed by atoms with van der Waals surface area (Å²) >= 11 is 0. The zero-order chi connectivity index (χ0) is 15.5. The van der Waals surface area contributed by atoms with Gasteiger partial charge in [0.05, 0.1) is 14.2 Å². The van der Waals surface area contributed by atoms with Crippen molar-refractivity contribution in [3.8, 4) is 23.0 Å². The number of rotatable bonds is 4. The zero-order valence-electron chi connectivity index (χ0n) is 12.5. The highest BCUT2D eigenvalue weighted by Gasteiger charge is 2.11. The Kier molecular flexibility index (Phi) is 3.74. The highest BCUT2D eigenvalue weighted by atomic mass is 16.5. The number of fused-ring (bicyclic) bond motifs is 1. The van der Waals surface area contributed by atoms with E-state index >= 15 is 0 Å². The fourth-order valence-corrected chi connectivity index (χ4v) is 2.40. The maximum absolute atomic E-state index is 6.03. The van der Waals surface area contributed by atoms with Gasteiger partial charge in [0.15, 0.2) is 11.5 Å². The van der Waals surface area contributed by atoms with E-state index in [0.29, 0.717) is 17.2 Å². The molecule has 0 amide bonds. The van der Waals surface area contributed by atoms with Crippen molar-refractivity contribution in [3.05, 3.63) is 54.6 Å². The van der Waals surface area contributed by atoms with Crippen molar-refractivity contribution in [1.82, 2.24) is 0 Å². The molecule has 3 aromatic rings. The molecule has 0 saturated heterocycles. The van der Waals surface area contributed by atoms with Gasteiger partial charge in [-0.3, -0.25) is 0 Å². The lowest BCUT2D eigenvalue weighted by Gasteiger charge is -2.14. The van der Waals surface area contributed by atoms with Gasteiger partial charge in [-0.15, -0.1) is 0 Å². The minimum absolute atomic E-state index is 0.597. The SMILES string of the molecule is COc1cc(N)ccc1Oc1ccc(OC)c2ccccc12. The molecular weight excluding hydrogens is 278 g/mol. The Morgan fingerprint density at radius 1 is 0.682 bits per heavy atom. The number of hydrogen-bond acceptors (Lipinski definition) is 4. The van der Waals surface area contributed by atoms with Crippen molar-refractivity contribution in [2.45, 2.75) is 0 Å². The minimum Gasteiger partial charge on any atom is -0.496 e. The van der Waals surface area contributed by atoms with E-state index in [1.54, 1.807) is 32.4 Å². The quantitative estimate of drug-likeness (QED) is 0.732. The van der Waals surface area contributed by atoms with Gasteiger partial charge in [-0.25, -0.2) is 0 Å². The Bertz CT molecular complexity index is 815. The van der Waals surface area contributed by atoms with Gasteiger partial charge in [0.2, 0.25) is 0 Å². The summed E-state index contributed by atoms with van der Waals surface area (Å²) in [6.07, 6.45) is 0. The van der Waals surface area contributed by atoms with Crippen molar-refractivity contribution >= 4 is 16.5 Å². The number of benzene rings is 3. The number of ether oxygens (including phenoxy) is 3. The Morgan fingerprint density at radius 3 is 1.95 bits per heavy atom. The summed E-state index contributed by atoms with van der Waals surface area (Å²) in [5.41, 5.74) is 6.40. The van der Waals surface area contributed by atoms with E-state index in [4.69, 9.17) is 19.9 Å². The summed E-state index contributed by atoms with van der Waals surface area (Å²) in [6.45, 7) is 0. The highest BCUT2D eigenvalue weighted by molar-refractivity contribution is 5.93. The fourth-order valence-electron chi connectivity index (χ4n) is 2.40. The van der Waals surface area contributed by atoms with Crippen LogP contribution in [0.5, 0.6) is 23.0 Å². The Labute approximate surface area is 129 Å². The van der Waals surface area contributed by atoms with E-state index in [0.717, 1.165) is 22.3 Å². The standard InChI is InChI=1S/C18H17NO3/c1-20-15-9-10-16(14-6-4-3-5-13(14)15)22-17-8-7-12(19)11-18(17)21-2/h3-11H,19H2,1-2H3. The molecule has 0 spiro atoms. The molecule has 0 saturated carbocycles. The van der Waals surface area contributed by atoms with Crippen LogP contribution in [0, 0.1) is 0 Å². The van der Waals surface area contributed by atoms with Crippen LogP contribution in [0.4, 0.5) is 5.69 Å². The van der Waals surface area contributed by atoms with E-state index in [1.165, 1.54) is 0 Å². The summed E-state index contributed by atoms with van der Waals surface area (Å²) in [7, 11) is 3.25. The number of nitrogens with two attached hydrogens (primary N) is 1. The second-order valence-corrected chi connectivity index (χ2v) is 4.82. The molecule has 0 heterocycles. The van der Waals surface area contributed by atoms with Gasteiger partial charge in [0.1, 0.15) is 11.5 Å². The highest BCUT2D eigenvalue weighted by Crippen LogP contribution is 2.38. The van der Waals surface area contributed by atoms with Crippen LogP contribution >= 0.6 is 0 Å². The van der Waals surface area contributed by atoms with E-state index in [1.807, 2.05) is 36.4 Å². The third kappa shape index (κ3) is 2.51. The first-order chi connectivity index (χ1) is 10.7. The van der Waals surface area contributed by atoms with Crippen LogP contribution in [0.1, 0.15) is 0 Å². The van der Waals surface area contributed by atoms with Crippen LogP contribution in [-0.4, -0.2) is 14.2 Å². The lowest BCUT2D eigenvalue weighted by atomic mass is 10.1. The van der Waals surface area contributed by atoms with Crippen molar-refractivity contribution in [1.29, 1.82) is 0 Å². The summed E-state index contributed by atoms with van der Waals surface area (Å²) in [5.74, 6) is 2.76. The van der Waals surface area contributed by atoms with Crippen LogP contribution in [0.3, 0.4) is 0 Å². The Morgan fingerprint density at radius 2 is 1.27 bits per heavy atom. The predicted octanol–water partition coefficient (Wildman–Crippen LogP) is 4.23. The van der Waals surface area contributed by atoms with Gasteiger partial charge < -0.3 is 19.9 Å². The smallest absolute Gasteiger partial charge is 0.169 e. The number of anilines is 1. The van der Waals surface area contributed by atoms with Crippen molar-refractivity contribution in [2.24, 2.45) is 0 Å². The van der Waals surface area contributed by atoms with E-state index in [2.05, 4.69) is 0 Å². The number of nitrogen functional groups attached to an aromatic ring is 1. The zero-order valence-corrected chi connectivity index (χ0v) is 12.5. The topological polar surface area (TPSA) is 53.7 Å². The molecule has 3 rings (SSSR count). The van der Waals surface area contributed by atoms with E-state index in [-0.39, 0.29) is 0 Å². The molecule has 0 aliphatic carbocycles. The molecule has 3 aromatic carbocycles. The fraction of sp³-hybridized carbons (Fsp3) is 0.111. The summed E-state index contributed by atoms with van der Waals surface area (Å²) in [4.78, 5) is 0. The monoisotopic (exact) mass is 295 g/mol. The lowest BCUT2D eigenvalue weighted by molar-refractivity contribution is 0.380. The predicted molar refractivity (Wildman–Crippen MR) is 88.0 cm³/mol. The third-order valence-corrected chi connectivity index (χ3v) is 3.47. The molecule has 0 radical (unpaired) electrons. The van der Waals surface area contributed by atoms with Gasteiger partial charge in [0, 0.05) is 22.5 Å². The Balaban J connectivity index is 2.08. The van der Waals surface area contributed by atoms with Crippen molar-refractivity contribution in [3.63, 3.8) is 0 Å². The van der Waals surface area contributed by atoms with Crippen molar-refractivity contribution in [2.75, 3.05) is 20.0 Å². The summed E-state index contributed by atoms with van der Waals surface area (Å²) < 4.78 is 16.8. The molecule has 0 fully saturated rings. The number of hydrogen-bond donors (Lipinski definition) is 1. The second-order valence-electron chi connectivity index (χ2n) is 4.82. The Hall–Kier alpha value is -2.88. The van der Waals surface area contributed by atoms with Crippen LogP contribution in [0.2, 0.25) is 0 Å². The molecular formula is C18H17NO3.